The lowest BCUT2D eigenvalue weighted by Crippen LogP contribution is -2.09. The third-order valence-electron chi connectivity index (χ3n) is 3.73. The lowest BCUT2D eigenvalue weighted by molar-refractivity contribution is 0.443. The Morgan fingerprint density at radius 2 is 1.57 bits per heavy atom. The van der Waals surface area contributed by atoms with Crippen molar-refractivity contribution in [2.75, 3.05) is 0 Å². The summed E-state index contributed by atoms with van der Waals surface area (Å²) in [7, 11) is 0. The molecule has 0 amide bonds. The highest BCUT2D eigenvalue weighted by Gasteiger charge is 2.10. The normalized spacial score (nSPS) is 17.0. The van der Waals surface area contributed by atoms with Crippen molar-refractivity contribution in [2.24, 2.45) is 9.98 Å². The van der Waals surface area contributed by atoms with Gasteiger partial charge in [0.1, 0.15) is 11.5 Å². The van der Waals surface area contributed by atoms with E-state index in [2.05, 4.69) is 9.98 Å². The zero-order valence-electron chi connectivity index (χ0n) is 12.1. The van der Waals surface area contributed by atoms with Gasteiger partial charge in [-0.15, -0.1) is 0 Å². The van der Waals surface area contributed by atoms with E-state index >= 15 is 0 Å². The Bertz CT molecular complexity index is 607. The van der Waals surface area contributed by atoms with Crippen molar-refractivity contribution in [3.63, 3.8) is 0 Å². The first kappa shape index (κ1) is 13.8. The Kier molecular flexibility index (Phi) is 4.62. The molecule has 0 unspecified atom stereocenters. The molecule has 1 aromatic carbocycles. The molecular formula is C18H20N2O. The second-order valence-electron chi connectivity index (χ2n) is 5.40. The van der Waals surface area contributed by atoms with E-state index in [0.29, 0.717) is 6.04 Å². The van der Waals surface area contributed by atoms with Crippen molar-refractivity contribution in [1.82, 2.24) is 0 Å². The molecule has 0 saturated heterocycles. The van der Waals surface area contributed by atoms with Gasteiger partial charge in [-0.2, -0.15) is 0 Å². The number of hydrogen-bond acceptors (Lipinski definition) is 3. The van der Waals surface area contributed by atoms with Crippen LogP contribution in [0.25, 0.3) is 0 Å². The molecule has 0 aliphatic heterocycles. The summed E-state index contributed by atoms with van der Waals surface area (Å²) in [4.78, 5) is 9.00. The highest BCUT2D eigenvalue weighted by atomic mass is 16.3. The molecule has 108 valence electrons. The van der Waals surface area contributed by atoms with Crippen LogP contribution in [0.5, 0.6) is 0 Å². The fourth-order valence-electron chi connectivity index (χ4n) is 2.57. The molecule has 3 heteroatoms. The molecule has 2 aromatic rings. The first-order valence-electron chi connectivity index (χ1n) is 7.62. The highest BCUT2D eigenvalue weighted by molar-refractivity contribution is 5.82. The lowest BCUT2D eigenvalue weighted by atomic mass is 9.96. The van der Waals surface area contributed by atoms with Gasteiger partial charge in [-0.3, -0.25) is 9.98 Å². The third-order valence-corrected chi connectivity index (χ3v) is 3.73. The SMILES string of the molecule is C(=Nc1ccccc1)c1ccc(C=NC2CCCCC2)o1. The molecule has 0 N–H and O–H groups in total. The lowest BCUT2D eigenvalue weighted by Gasteiger charge is -2.16. The molecule has 1 aromatic heterocycles. The van der Waals surface area contributed by atoms with Crippen LogP contribution in [0.3, 0.4) is 0 Å². The Morgan fingerprint density at radius 1 is 0.857 bits per heavy atom. The number of para-hydroxylation sites is 1. The molecule has 1 saturated carbocycles. The van der Waals surface area contributed by atoms with Gasteiger partial charge in [0.2, 0.25) is 0 Å². The molecule has 1 aliphatic carbocycles. The van der Waals surface area contributed by atoms with Gasteiger partial charge in [0.25, 0.3) is 0 Å². The van der Waals surface area contributed by atoms with Gasteiger partial charge in [-0.1, -0.05) is 37.5 Å². The van der Waals surface area contributed by atoms with Crippen LogP contribution in [0, 0.1) is 0 Å². The number of hydrogen-bond donors (Lipinski definition) is 0. The first-order valence-corrected chi connectivity index (χ1v) is 7.62. The standard InChI is InChI=1S/C18H20N2O/c1-3-7-15(8-4-1)19-13-17-11-12-18(21-17)14-20-16-9-5-2-6-10-16/h1,3-4,7-8,11-14,16H,2,5-6,9-10H2. The average molecular weight is 280 g/mol. The fraction of sp³-hybridized carbons (Fsp3) is 0.333. The summed E-state index contributed by atoms with van der Waals surface area (Å²) in [5, 5.41) is 0. The molecule has 1 aliphatic rings. The molecule has 3 nitrogen and oxygen atoms in total. The Labute approximate surface area is 125 Å². The number of nitrogens with zero attached hydrogens (tertiary/aromatic N) is 2. The predicted octanol–water partition coefficient (Wildman–Crippen LogP) is 4.78. The van der Waals surface area contributed by atoms with Crippen LogP contribution in [0.1, 0.15) is 43.6 Å². The fourth-order valence-corrected chi connectivity index (χ4v) is 2.57. The molecule has 0 bridgehead atoms. The van der Waals surface area contributed by atoms with Crippen LogP contribution < -0.4 is 0 Å². The average Bonchev–Trinajstić information content (AvgIpc) is 3.01. The summed E-state index contributed by atoms with van der Waals surface area (Å²) in [5.74, 6) is 1.55. The van der Waals surface area contributed by atoms with Crippen molar-refractivity contribution in [3.8, 4) is 0 Å². The topological polar surface area (TPSA) is 37.9 Å². The van der Waals surface area contributed by atoms with Gasteiger partial charge >= 0.3 is 0 Å². The Hall–Kier alpha value is -2.16. The third kappa shape index (κ3) is 4.15. The Balaban J connectivity index is 1.60. The van der Waals surface area contributed by atoms with Gasteiger partial charge < -0.3 is 4.42 Å². The van der Waals surface area contributed by atoms with Crippen LogP contribution in [-0.2, 0) is 0 Å². The van der Waals surface area contributed by atoms with Gasteiger partial charge in [-0.05, 0) is 37.1 Å². The molecule has 3 rings (SSSR count). The molecule has 1 heterocycles. The van der Waals surface area contributed by atoms with E-state index < -0.39 is 0 Å². The van der Waals surface area contributed by atoms with Crippen molar-refractivity contribution < 1.29 is 4.42 Å². The van der Waals surface area contributed by atoms with E-state index in [9.17, 15) is 0 Å². The predicted molar refractivity (Wildman–Crippen MR) is 86.9 cm³/mol. The van der Waals surface area contributed by atoms with Crippen LogP contribution in [0.2, 0.25) is 0 Å². The maximum atomic E-state index is 5.70. The van der Waals surface area contributed by atoms with E-state index in [1.807, 2.05) is 48.7 Å². The summed E-state index contributed by atoms with van der Waals surface area (Å²) in [6.07, 6.45) is 9.97. The second kappa shape index (κ2) is 7.02. The minimum absolute atomic E-state index is 0.477. The Morgan fingerprint density at radius 3 is 2.33 bits per heavy atom. The quantitative estimate of drug-likeness (QED) is 0.742. The van der Waals surface area contributed by atoms with Gasteiger partial charge in [0.15, 0.2) is 0 Å². The van der Waals surface area contributed by atoms with Crippen molar-refractivity contribution in [2.45, 2.75) is 38.1 Å². The summed E-state index contributed by atoms with van der Waals surface area (Å²) in [5.41, 5.74) is 0.923. The second-order valence-corrected chi connectivity index (χ2v) is 5.40. The van der Waals surface area contributed by atoms with Crippen LogP contribution in [0.15, 0.2) is 56.9 Å². The summed E-state index contributed by atoms with van der Waals surface area (Å²) >= 11 is 0. The van der Waals surface area contributed by atoms with E-state index in [1.54, 1.807) is 6.21 Å². The van der Waals surface area contributed by atoms with Crippen molar-refractivity contribution in [3.05, 3.63) is 54.0 Å². The molecule has 0 radical (unpaired) electrons. The van der Waals surface area contributed by atoms with Gasteiger partial charge in [0.05, 0.1) is 24.2 Å². The maximum absolute atomic E-state index is 5.70. The summed E-state index contributed by atoms with van der Waals surface area (Å²) in [6.45, 7) is 0. The summed E-state index contributed by atoms with van der Waals surface area (Å²) < 4.78 is 5.70. The van der Waals surface area contributed by atoms with Crippen LogP contribution in [0.4, 0.5) is 5.69 Å². The van der Waals surface area contributed by atoms with E-state index in [1.165, 1.54) is 32.1 Å². The highest BCUT2D eigenvalue weighted by Crippen LogP contribution is 2.20. The largest absolute Gasteiger partial charge is 0.454 e. The van der Waals surface area contributed by atoms with E-state index in [4.69, 9.17) is 4.42 Å². The number of aliphatic imine (C=N–C) groups is 2. The van der Waals surface area contributed by atoms with Crippen molar-refractivity contribution in [1.29, 1.82) is 0 Å². The number of rotatable bonds is 4. The molecule has 0 spiro atoms. The minimum Gasteiger partial charge on any atom is -0.454 e. The molecule has 21 heavy (non-hydrogen) atoms. The zero-order chi connectivity index (χ0) is 14.3. The van der Waals surface area contributed by atoms with Gasteiger partial charge in [-0.25, -0.2) is 0 Å². The minimum atomic E-state index is 0.477. The maximum Gasteiger partial charge on any atom is 0.145 e. The smallest absolute Gasteiger partial charge is 0.145 e. The molecular weight excluding hydrogens is 260 g/mol. The van der Waals surface area contributed by atoms with Gasteiger partial charge in [0, 0.05) is 0 Å². The number of benzene rings is 1. The monoisotopic (exact) mass is 280 g/mol. The molecule has 1 fully saturated rings. The molecule has 0 atom stereocenters. The van der Waals surface area contributed by atoms with E-state index in [0.717, 1.165) is 17.2 Å². The number of furan rings is 1. The zero-order valence-corrected chi connectivity index (χ0v) is 12.1. The summed E-state index contributed by atoms with van der Waals surface area (Å²) in [6, 6.07) is 14.2. The first-order chi connectivity index (χ1) is 10.4. The van der Waals surface area contributed by atoms with Crippen molar-refractivity contribution >= 4 is 18.1 Å². The van der Waals surface area contributed by atoms with Crippen LogP contribution >= 0.6 is 0 Å². The van der Waals surface area contributed by atoms with E-state index in [-0.39, 0.29) is 0 Å². The van der Waals surface area contributed by atoms with Crippen LogP contribution in [-0.4, -0.2) is 18.5 Å².